The molecule has 4 N–H and O–H groups in total. The van der Waals surface area contributed by atoms with Crippen molar-refractivity contribution in [1.29, 1.82) is 0 Å². The summed E-state index contributed by atoms with van der Waals surface area (Å²) in [5.41, 5.74) is 8.11. The number of anilines is 1. The van der Waals surface area contributed by atoms with E-state index in [0.717, 1.165) is 11.3 Å². The standard InChI is InChI=1S/C20H19N5O3/c1-11-16(18(21)27)17(13-4-3-5-14(26)10-13)25-20(22-11)23-19(24-25)12-6-8-15(28-2)9-7-12/h3-10,17,26H,1-2H3,(H2,21,27)(H,22,23,24)/t17-/m1/s1. The topological polar surface area (TPSA) is 115 Å². The second-order valence-electron chi connectivity index (χ2n) is 6.46. The number of carbonyl (C=O) groups excluding carboxylic acids is 1. The minimum absolute atomic E-state index is 0.0922. The molecule has 0 fully saturated rings. The number of aromatic nitrogens is 3. The highest BCUT2D eigenvalue weighted by Crippen LogP contribution is 2.36. The van der Waals surface area contributed by atoms with Crippen LogP contribution in [0.4, 0.5) is 5.95 Å². The van der Waals surface area contributed by atoms with E-state index in [1.807, 2.05) is 30.3 Å². The highest BCUT2D eigenvalue weighted by Gasteiger charge is 2.33. The first-order chi connectivity index (χ1) is 13.5. The van der Waals surface area contributed by atoms with Gasteiger partial charge in [0.1, 0.15) is 17.5 Å². The molecule has 1 amide bonds. The molecule has 1 aliphatic rings. The van der Waals surface area contributed by atoms with Gasteiger partial charge in [-0.05, 0) is 48.9 Å². The number of primary amides is 1. The minimum Gasteiger partial charge on any atom is -0.508 e. The second kappa shape index (κ2) is 6.73. The molecule has 2 aromatic carbocycles. The quantitative estimate of drug-likeness (QED) is 0.643. The van der Waals surface area contributed by atoms with Crippen LogP contribution in [-0.2, 0) is 4.79 Å². The summed E-state index contributed by atoms with van der Waals surface area (Å²) in [5, 5.41) is 17.6. The van der Waals surface area contributed by atoms with Crippen LogP contribution in [0.5, 0.6) is 11.5 Å². The van der Waals surface area contributed by atoms with Crippen molar-refractivity contribution in [3.8, 4) is 22.9 Å². The van der Waals surface area contributed by atoms with Gasteiger partial charge in [-0.3, -0.25) is 4.79 Å². The lowest BCUT2D eigenvalue weighted by atomic mass is 9.95. The van der Waals surface area contributed by atoms with E-state index in [1.165, 1.54) is 0 Å². The van der Waals surface area contributed by atoms with Crippen LogP contribution in [0.15, 0.2) is 59.8 Å². The van der Waals surface area contributed by atoms with E-state index in [9.17, 15) is 9.90 Å². The van der Waals surface area contributed by atoms with Gasteiger partial charge in [-0.15, -0.1) is 5.10 Å². The molecule has 4 rings (SSSR count). The Bertz CT molecular complexity index is 1090. The van der Waals surface area contributed by atoms with Crippen molar-refractivity contribution < 1.29 is 14.6 Å². The van der Waals surface area contributed by atoms with Crippen molar-refractivity contribution in [3.05, 3.63) is 65.4 Å². The van der Waals surface area contributed by atoms with Crippen molar-refractivity contribution in [1.82, 2.24) is 14.8 Å². The molecule has 28 heavy (non-hydrogen) atoms. The molecular weight excluding hydrogens is 358 g/mol. The molecule has 142 valence electrons. The highest BCUT2D eigenvalue weighted by molar-refractivity contribution is 5.95. The Morgan fingerprint density at radius 2 is 2.00 bits per heavy atom. The predicted molar refractivity (Wildman–Crippen MR) is 104 cm³/mol. The van der Waals surface area contributed by atoms with Crippen molar-refractivity contribution >= 4 is 11.9 Å². The van der Waals surface area contributed by atoms with Crippen LogP contribution in [0.3, 0.4) is 0 Å². The summed E-state index contributed by atoms with van der Waals surface area (Å²) in [4.78, 5) is 16.7. The van der Waals surface area contributed by atoms with Gasteiger partial charge in [0.15, 0.2) is 5.82 Å². The van der Waals surface area contributed by atoms with E-state index in [4.69, 9.17) is 10.5 Å². The van der Waals surface area contributed by atoms with Crippen LogP contribution < -0.4 is 15.8 Å². The zero-order valence-electron chi connectivity index (χ0n) is 15.4. The Morgan fingerprint density at radius 3 is 2.64 bits per heavy atom. The van der Waals surface area contributed by atoms with Gasteiger partial charge < -0.3 is 20.9 Å². The van der Waals surface area contributed by atoms with Gasteiger partial charge in [0.05, 0.1) is 12.7 Å². The molecule has 0 saturated heterocycles. The highest BCUT2D eigenvalue weighted by atomic mass is 16.5. The lowest BCUT2D eigenvalue weighted by Gasteiger charge is -2.27. The Morgan fingerprint density at radius 1 is 1.25 bits per heavy atom. The molecule has 0 unspecified atom stereocenters. The molecule has 0 radical (unpaired) electrons. The summed E-state index contributed by atoms with van der Waals surface area (Å²) in [6.07, 6.45) is 0. The number of rotatable bonds is 4. The fourth-order valence-electron chi connectivity index (χ4n) is 3.34. The van der Waals surface area contributed by atoms with Gasteiger partial charge in [0.2, 0.25) is 11.9 Å². The molecule has 8 nitrogen and oxygen atoms in total. The lowest BCUT2D eigenvalue weighted by Crippen LogP contribution is -2.31. The van der Waals surface area contributed by atoms with Gasteiger partial charge >= 0.3 is 0 Å². The summed E-state index contributed by atoms with van der Waals surface area (Å²) < 4.78 is 6.80. The van der Waals surface area contributed by atoms with Crippen LogP contribution in [0.2, 0.25) is 0 Å². The van der Waals surface area contributed by atoms with E-state index in [2.05, 4.69) is 15.4 Å². The van der Waals surface area contributed by atoms with Crippen LogP contribution in [-0.4, -0.2) is 32.9 Å². The fourth-order valence-corrected chi connectivity index (χ4v) is 3.34. The first kappa shape index (κ1) is 17.6. The maximum atomic E-state index is 12.2. The van der Waals surface area contributed by atoms with Crippen molar-refractivity contribution in [2.24, 2.45) is 5.73 Å². The monoisotopic (exact) mass is 377 g/mol. The van der Waals surface area contributed by atoms with E-state index in [-0.39, 0.29) is 5.75 Å². The Kier molecular flexibility index (Phi) is 4.23. The maximum absolute atomic E-state index is 12.2. The third kappa shape index (κ3) is 2.94. The van der Waals surface area contributed by atoms with Crippen LogP contribution in [0.1, 0.15) is 18.5 Å². The first-order valence-corrected chi connectivity index (χ1v) is 8.65. The van der Waals surface area contributed by atoms with Crippen LogP contribution in [0, 0.1) is 0 Å². The largest absolute Gasteiger partial charge is 0.508 e. The average Bonchev–Trinajstić information content (AvgIpc) is 3.10. The molecule has 2 heterocycles. The number of hydrogen-bond donors (Lipinski definition) is 3. The van der Waals surface area contributed by atoms with Gasteiger partial charge in [0, 0.05) is 11.3 Å². The van der Waals surface area contributed by atoms with Gasteiger partial charge in [-0.1, -0.05) is 12.1 Å². The number of phenolic OH excluding ortho intramolecular Hbond substituents is 1. The molecule has 3 aromatic rings. The number of aromatic hydroxyl groups is 1. The number of phenols is 1. The number of benzene rings is 2. The summed E-state index contributed by atoms with van der Waals surface area (Å²) in [6, 6.07) is 13.5. The molecule has 1 atom stereocenters. The lowest BCUT2D eigenvalue weighted by molar-refractivity contribution is -0.115. The van der Waals surface area contributed by atoms with Crippen molar-refractivity contribution in [2.45, 2.75) is 13.0 Å². The van der Waals surface area contributed by atoms with E-state index < -0.39 is 11.9 Å². The second-order valence-corrected chi connectivity index (χ2v) is 6.46. The van der Waals surface area contributed by atoms with E-state index in [1.54, 1.807) is 36.9 Å². The molecule has 8 heteroatoms. The SMILES string of the molecule is COc1ccc(-c2nc3n(n2)[C@H](c2cccc(O)c2)C(C(N)=O)=C(C)N3)cc1. The minimum atomic E-state index is -0.597. The number of carbonyl (C=O) groups is 1. The molecule has 0 bridgehead atoms. The number of fused-ring (bicyclic) bond motifs is 1. The zero-order valence-corrected chi connectivity index (χ0v) is 15.4. The van der Waals surface area contributed by atoms with Crippen LogP contribution >= 0.6 is 0 Å². The normalized spacial score (nSPS) is 15.7. The average molecular weight is 377 g/mol. The van der Waals surface area contributed by atoms with Gasteiger partial charge in [0.25, 0.3) is 0 Å². The molecule has 0 spiro atoms. The number of nitrogens with one attached hydrogen (secondary N) is 1. The third-order valence-electron chi connectivity index (χ3n) is 4.65. The smallest absolute Gasteiger partial charge is 0.248 e. The summed E-state index contributed by atoms with van der Waals surface area (Å²) in [6.45, 7) is 1.77. The number of nitrogens with two attached hydrogens (primary N) is 1. The van der Waals surface area contributed by atoms with E-state index in [0.29, 0.717) is 28.6 Å². The number of hydrogen-bond acceptors (Lipinski definition) is 6. The summed E-state index contributed by atoms with van der Waals surface area (Å²) in [7, 11) is 1.60. The predicted octanol–water partition coefficient (Wildman–Crippen LogP) is 2.43. The summed E-state index contributed by atoms with van der Waals surface area (Å²) in [5.74, 6) is 1.24. The number of nitrogens with zero attached hydrogens (tertiary/aromatic N) is 3. The summed E-state index contributed by atoms with van der Waals surface area (Å²) >= 11 is 0. The van der Waals surface area contributed by atoms with Gasteiger partial charge in [-0.2, -0.15) is 4.98 Å². The number of amides is 1. The molecule has 1 aromatic heterocycles. The van der Waals surface area contributed by atoms with Crippen molar-refractivity contribution in [2.75, 3.05) is 12.4 Å². The fraction of sp³-hybridized carbons (Fsp3) is 0.150. The van der Waals surface area contributed by atoms with Crippen LogP contribution in [0.25, 0.3) is 11.4 Å². The molecule has 0 saturated carbocycles. The maximum Gasteiger partial charge on any atom is 0.248 e. The molecule has 1 aliphatic heterocycles. The molecular formula is C20H19N5O3. The van der Waals surface area contributed by atoms with Crippen molar-refractivity contribution in [3.63, 3.8) is 0 Å². The zero-order chi connectivity index (χ0) is 19.8. The Hall–Kier alpha value is -3.81. The third-order valence-corrected chi connectivity index (χ3v) is 4.65. The van der Waals surface area contributed by atoms with Gasteiger partial charge in [-0.25, -0.2) is 4.68 Å². The Balaban J connectivity index is 1.85. The Labute approximate surface area is 161 Å². The number of methoxy groups -OCH3 is 1. The number of ether oxygens (including phenoxy) is 1. The first-order valence-electron chi connectivity index (χ1n) is 8.65. The molecule has 0 aliphatic carbocycles. The van der Waals surface area contributed by atoms with E-state index >= 15 is 0 Å². The number of allylic oxidation sites excluding steroid dienone is 1.